The van der Waals surface area contributed by atoms with Crippen molar-refractivity contribution < 1.29 is 19.1 Å². The zero-order chi connectivity index (χ0) is 20.1. The molecule has 0 spiro atoms. The molecule has 1 N–H and O–H groups in total. The molecular formula is C24H25NO4. The van der Waals surface area contributed by atoms with E-state index in [0.717, 1.165) is 29.0 Å². The molecule has 5 nitrogen and oxygen atoms in total. The first-order valence-corrected chi connectivity index (χ1v) is 9.95. The van der Waals surface area contributed by atoms with Crippen molar-refractivity contribution in [3.05, 3.63) is 89.9 Å². The van der Waals surface area contributed by atoms with Gasteiger partial charge in [0.2, 0.25) is 5.91 Å². The minimum absolute atomic E-state index is 0.0116. The average molecular weight is 391 g/mol. The van der Waals surface area contributed by atoms with Gasteiger partial charge >= 0.3 is 0 Å². The maximum atomic E-state index is 12.4. The fourth-order valence-electron chi connectivity index (χ4n) is 3.76. The number of carbonyl (C=O) groups excluding carboxylic acids is 1. The molecule has 1 amide bonds. The summed E-state index contributed by atoms with van der Waals surface area (Å²) in [5.74, 6) is 0.881. The number of nitrogens with zero attached hydrogens (tertiary/aromatic N) is 1. The fraction of sp³-hybridized carbons (Fsp3) is 0.292. The second-order valence-electron chi connectivity index (χ2n) is 7.35. The second kappa shape index (κ2) is 9.07. The van der Waals surface area contributed by atoms with Crippen LogP contribution in [-0.4, -0.2) is 23.7 Å². The summed E-state index contributed by atoms with van der Waals surface area (Å²) in [6.07, 6.45) is 2.90. The van der Waals surface area contributed by atoms with Crippen molar-refractivity contribution in [2.75, 3.05) is 11.5 Å². The lowest BCUT2D eigenvalue weighted by molar-refractivity contribution is -0.117. The molecule has 1 fully saturated rings. The average Bonchev–Trinajstić information content (AvgIpc) is 3.39. The molecule has 1 saturated heterocycles. The lowest BCUT2D eigenvalue weighted by Gasteiger charge is -2.25. The van der Waals surface area contributed by atoms with Crippen LogP contribution in [0, 0.1) is 0 Å². The highest BCUT2D eigenvalue weighted by atomic mass is 16.5. The van der Waals surface area contributed by atoms with Crippen LogP contribution < -0.4 is 4.90 Å². The van der Waals surface area contributed by atoms with E-state index in [-0.39, 0.29) is 11.9 Å². The molecule has 3 aromatic rings. The number of aliphatic hydroxyl groups is 1. The van der Waals surface area contributed by atoms with E-state index in [1.54, 1.807) is 6.26 Å². The SMILES string of the molecule is O=C1CC[C@H](COCc2ccco2)N1c1ccc(C(O)Cc2ccccc2)cc1. The third-order valence-electron chi connectivity index (χ3n) is 5.29. The standard InChI is InChI=1S/C24H25NO4/c26-23(15-18-5-2-1-3-6-18)19-8-10-20(11-9-19)25-21(12-13-24(25)27)16-28-17-22-7-4-14-29-22/h1-11,14,21,23,26H,12-13,15-17H2/t21-,23?/m1/s1. The number of carbonyl (C=O) groups is 1. The molecule has 1 aliphatic heterocycles. The van der Waals surface area contributed by atoms with Crippen molar-refractivity contribution >= 4 is 11.6 Å². The number of ether oxygens (including phenoxy) is 1. The van der Waals surface area contributed by atoms with Gasteiger partial charge in [-0.05, 0) is 41.8 Å². The molecule has 150 valence electrons. The molecule has 29 heavy (non-hydrogen) atoms. The monoisotopic (exact) mass is 391 g/mol. The normalized spacial score (nSPS) is 17.6. The van der Waals surface area contributed by atoms with E-state index < -0.39 is 6.10 Å². The number of aliphatic hydroxyl groups excluding tert-OH is 1. The lowest BCUT2D eigenvalue weighted by atomic mass is 10.0. The van der Waals surface area contributed by atoms with Crippen molar-refractivity contribution in [1.82, 2.24) is 0 Å². The molecule has 2 aromatic carbocycles. The van der Waals surface area contributed by atoms with Crippen LogP contribution in [-0.2, 0) is 22.6 Å². The van der Waals surface area contributed by atoms with Crippen LogP contribution in [0.15, 0.2) is 77.4 Å². The Bertz CT molecular complexity index is 906. The summed E-state index contributed by atoms with van der Waals surface area (Å²) >= 11 is 0. The maximum Gasteiger partial charge on any atom is 0.227 e. The zero-order valence-electron chi connectivity index (χ0n) is 16.2. The first kappa shape index (κ1) is 19.4. The molecular weight excluding hydrogens is 366 g/mol. The van der Waals surface area contributed by atoms with Gasteiger partial charge in [-0.1, -0.05) is 42.5 Å². The quantitative estimate of drug-likeness (QED) is 0.623. The van der Waals surface area contributed by atoms with Gasteiger partial charge < -0.3 is 19.2 Å². The number of benzene rings is 2. The Hall–Kier alpha value is -2.89. The van der Waals surface area contributed by atoms with Crippen LogP contribution in [0.2, 0.25) is 0 Å². The third kappa shape index (κ3) is 4.75. The van der Waals surface area contributed by atoms with Gasteiger partial charge in [-0.25, -0.2) is 0 Å². The van der Waals surface area contributed by atoms with Crippen molar-refractivity contribution in [2.24, 2.45) is 0 Å². The summed E-state index contributed by atoms with van der Waals surface area (Å²) in [5, 5.41) is 10.5. The molecule has 1 unspecified atom stereocenters. The Morgan fingerprint density at radius 2 is 1.86 bits per heavy atom. The highest BCUT2D eigenvalue weighted by molar-refractivity contribution is 5.96. The maximum absolute atomic E-state index is 12.4. The van der Waals surface area contributed by atoms with Gasteiger partial charge in [0, 0.05) is 18.5 Å². The lowest BCUT2D eigenvalue weighted by Crippen LogP contribution is -2.36. The predicted molar refractivity (Wildman–Crippen MR) is 110 cm³/mol. The van der Waals surface area contributed by atoms with Gasteiger partial charge in [-0.2, -0.15) is 0 Å². The fourth-order valence-corrected chi connectivity index (χ4v) is 3.76. The molecule has 0 saturated carbocycles. The van der Waals surface area contributed by atoms with Crippen LogP contribution in [0.25, 0.3) is 0 Å². The third-order valence-corrected chi connectivity index (χ3v) is 5.29. The van der Waals surface area contributed by atoms with E-state index >= 15 is 0 Å². The molecule has 0 bridgehead atoms. The highest BCUT2D eigenvalue weighted by Crippen LogP contribution is 2.29. The molecule has 2 heterocycles. The van der Waals surface area contributed by atoms with Crippen LogP contribution in [0.3, 0.4) is 0 Å². The van der Waals surface area contributed by atoms with Crippen molar-refractivity contribution in [2.45, 2.75) is 38.0 Å². The smallest absolute Gasteiger partial charge is 0.227 e. The van der Waals surface area contributed by atoms with Gasteiger partial charge in [0.25, 0.3) is 0 Å². The largest absolute Gasteiger partial charge is 0.467 e. The molecule has 1 aromatic heterocycles. The van der Waals surface area contributed by atoms with E-state index in [0.29, 0.717) is 26.1 Å². The first-order chi connectivity index (χ1) is 14.2. The van der Waals surface area contributed by atoms with Crippen molar-refractivity contribution in [3.8, 4) is 0 Å². The first-order valence-electron chi connectivity index (χ1n) is 9.95. The Kier molecular flexibility index (Phi) is 6.08. The summed E-state index contributed by atoms with van der Waals surface area (Å²) in [7, 11) is 0. The summed E-state index contributed by atoms with van der Waals surface area (Å²) in [6, 6.07) is 21.3. The number of anilines is 1. The molecule has 4 rings (SSSR count). The topological polar surface area (TPSA) is 62.9 Å². The molecule has 2 atom stereocenters. The minimum atomic E-state index is -0.576. The zero-order valence-corrected chi connectivity index (χ0v) is 16.2. The minimum Gasteiger partial charge on any atom is -0.467 e. The number of furan rings is 1. The number of amides is 1. The summed E-state index contributed by atoms with van der Waals surface area (Å²) in [6.45, 7) is 0.862. The number of hydrogen-bond donors (Lipinski definition) is 1. The molecule has 1 aliphatic rings. The number of hydrogen-bond acceptors (Lipinski definition) is 4. The van der Waals surface area contributed by atoms with Crippen LogP contribution >= 0.6 is 0 Å². The van der Waals surface area contributed by atoms with Gasteiger partial charge in [-0.15, -0.1) is 0 Å². The molecule has 5 heteroatoms. The number of rotatable bonds is 8. The Morgan fingerprint density at radius 1 is 1.07 bits per heavy atom. The Morgan fingerprint density at radius 3 is 2.59 bits per heavy atom. The van der Waals surface area contributed by atoms with E-state index in [9.17, 15) is 9.90 Å². The summed E-state index contributed by atoms with van der Waals surface area (Å²) < 4.78 is 11.0. The van der Waals surface area contributed by atoms with Crippen LogP contribution in [0.4, 0.5) is 5.69 Å². The van der Waals surface area contributed by atoms with Gasteiger partial charge in [0.05, 0.1) is 25.0 Å². The highest BCUT2D eigenvalue weighted by Gasteiger charge is 2.32. The van der Waals surface area contributed by atoms with E-state index in [4.69, 9.17) is 9.15 Å². The van der Waals surface area contributed by atoms with E-state index in [2.05, 4.69) is 0 Å². The van der Waals surface area contributed by atoms with Gasteiger partial charge in [0.1, 0.15) is 12.4 Å². The molecule has 0 aliphatic carbocycles. The van der Waals surface area contributed by atoms with Gasteiger partial charge in [0.15, 0.2) is 0 Å². The van der Waals surface area contributed by atoms with Crippen LogP contribution in [0.5, 0.6) is 0 Å². The van der Waals surface area contributed by atoms with E-state index in [1.165, 1.54) is 0 Å². The molecule has 0 radical (unpaired) electrons. The van der Waals surface area contributed by atoms with Crippen molar-refractivity contribution in [3.63, 3.8) is 0 Å². The van der Waals surface area contributed by atoms with Crippen molar-refractivity contribution in [1.29, 1.82) is 0 Å². The summed E-state index contributed by atoms with van der Waals surface area (Å²) in [4.78, 5) is 14.3. The predicted octanol–water partition coefficient (Wildman–Crippen LogP) is 4.27. The Balaban J connectivity index is 1.38. The van der Waals surface area contributed by atoms with E-state index in [1.807, 2.05) is 71.6 Å². The second-order valence-corrected chi connectivity index (χ2v) is 7.35. The summed E-state index contributed by atoms with van der Waals surface area (Å²) in [5.41, 5.74) is 2.78. The Labute approximate surface area is 170 Å². The van der Waals surface area contributed by atoms with Crippen LogP contribution in [0.1, 0.15) is 35.8 Å². The van der Waals surface area contributed by atoms with Gasteiger partial charge in [-0.3, -0.25) is 4.79 Å².